The molecule has 10 heteroatoms. The number of hydrogen-bond acceptors (Lipinski definition) is 4. The summed E-state index contributed by atoms with van der Waals surface area (Å²) in [7, 11) is 0. The fourth-order valence-electron chi connectivity index (χ4n) is 4.85. The van der Waals surface area contributed by atoms with Gasteiger partial charge in [0, 0.05) is 22.1 Å². The second kappa shape index (κ2) is 8.77. The van der Waals surface area contributed by atoms with Gasteiger partial charge in [-0.3, -0.25) is 9.36 Å². The first-order chi connectivity index (χ1) is 16.4. The second-order valence-corrected chi connectivity index (χ2v) is 9.63. The van der Waals surface area contributed by atoms with Gasteiger partial charge in [0.25, 0.3) is 0 Å². The number of primary amides is 1. The van der Waals surface area contributed by atoms with Gasteiger partial charge in [-0.1, -0.05) is 46.3 Å². The number of carbonyl (C=O) groups is 3. The minimum absolute atomic E-state index is 0.00122. The zero-order valence-corrected chi connectivity index (χ0v) is 19.7. The van der Waals surface area contributed by atoms with Crippen LogP contribution in [0.2, 0.25) is 0 Å². The SMILES string of the molecule is NC(=O)n1cc(NC(=O)N2[C@@H]3C[C@@H]3C[C@H]2C(=O)N[C@H](CO)c2cccc(Br)c2)c2ccccc21. The molecule has 2 fully saturated rings. The number of fused-ring (bicyclic) bond motifs is 2. The number of nitrogens with zero attached hydrogens (tertiary/aromatic N) is 2. The number of aliphatic hydroxyl groups excluding tert-OH is 1. The third-order valence-electron chi connectivity index (χ3n) is 6.58. The van der Waals surface area contributed by atoms with E-state index in [1.54, 1.807) is 23.1 Å². The molecule has 0 unspecified atom stereocenters. The zero-order valence-electron chi connectivity index (χ0n) is 18.1. The number of piperidine rings is 1. The van der Waals surface area contributed by atoms with Gasteiger partial charge in [-0.2, -0.15) is 0 Å². The van der Waals surface area contributed by atoms with Crippen molar-refractivity contribution in [3.05, 3.63) is 64.8 Å². The maximum absolute atomic E-state index is 13.3. The second-order valence-electron chi connectivity index (χ2n) is 8.72. The number of aromatic nitrogens is 1. The fraction of sp³-hybridized carbons (Fsp3) is 0.292. The number of nitrogens with one attached hydrogen (secondary N) is 2. The van der Waals surface area contributed by atoms with Crippen LogP contribution >= 0.6 is 15.9 Å². The smallest absolute Gasteiger partial charge is 0.323 e. The average molecular weight is 526 g/mol. The lowest BCUT2D eigenvalue weighted by atomic mass is 10.1. The molecule has 1 saturated heterocycles. The third kappa shape index (κ3) is 4.03. The summed E-state index contributed by atoms with van der Waals surface area (Å²) in [6.45, 7) is -0.263. The summed E-state index contributed by atoms with van der Waals surface area (Å²) in [5.41, 5.74) is 7.28. The van der Waals surface area contributed by atoms with Crippen molar-refractivity contribution in [3.63, 3.8) is 0 Å². The van der Waals surface area contributed by atoms with Crippen LogP contribution in [0.15, 0.2) is 59.2 Å². The predicted molar refractivity (Wildman–Crippen MR) is 130 cm³/mol. The number of urea groups is 1. The van der Waals surface area contributed by atoms with E-state index in [0.29, 0.717) is 23.0 Å². The number of likely N-dealkylation sites (tertiary alicyclic amines) is 1. The Morgan fingerprint density at radius 1 is 1.15 bits per heavy atom. The molecule has 176 valence electrons. The molecule has 5 rings (SSSR count). The molecule has 2 heterocycles. The Labute approximate surface area is 204 Å². The quantitative estimate of drug-likeness (QED) is 0.407. The molecule has 34 heavy (non-hydrogen) atoms. The standard InChI is InChI=1S/C24H24BrN5O4/c25-15-5-3-4-13(8-15)18(12-31)27-22(32)21-10-14-9-20(14)30(21)24(34)28-17-11-29(23(26)33)19-7-2-1-6-16(17)19/h1-8,11,14,18,20-21,31H,9-10,12H2,(H2,26,33)(H,27,32)(H,28,34)/t14-,18-,20-,21+/m1/s1. The van der Waals surface area contributed by atoms with Gasteiger partial charge >= 0.3 is 12.1 Å². The van der Waals surface area contributed by atoms with Gasteiger partial charge in [-0.05, 0) is 42.5 Å². The molecule has 2 aliphatic rings. The molecule has 1 aliphatic carbocycles. The summed E-state index contributed by atoms with van der Waals surface area (Å²) >= 11 is 3.41. The maximum atomic E-state index is 13.3. The van der Waals surface area contributed by atoms with E-state index < -0.39 is 24.1 Å². The summed E-state index contributed by atoms with van der Waals surface area (Å²) in [6, 6.07) is 12.2. The minimum Gasteiger partial charge on any atom is -0.394 e. The van der Waals surface area contributed by atoms with Crippen molar-refractivity contribution in [2.75, 3.05) is 11.9 Å². The third-order valence-corrected chi connectivity index (χ3v) is 7.08. The number of nitrogens with two attached hydrogens (primary N) is 1. The number of rotatable bonds is 5. The Morgan fingerprint density at radius 3 is 2.68 bits per heavy atom. The highest BCUT2D eigenvalue weighted by Crippen LogP contribution is 2.48. The highest BCUT2D eigenvalue weighted by atomic mass is 79.9. The molecule has 0 spiro atoms. The summed E-state index contributed by atoms with van der Waals surface area (Å²) in [6.07, 6.45) is 2.92. The first kappa shape index (κ1) is 22.4. The fourth-order valence-corrected chi connectivity index (χ4v) is 5.27. The normalized spacial score (nSPS) is 21.7. The van der Waals surface area contributed by atoms with E-state index in [1.165, 1.54) is 10.8 Å². The van der Waals surface area contributed by atoms with Crippen LogP contribution < -0.4 is 16.4 Å². The van der Waals surface area contributed by atoms with Gasteiger partial charge in [0.2, 0.25) is 5.91 Å². The van der Waals surface area contributed by atoms with Crippen LogP contribution in [0.1, 0.15) is 24.4 Å². The van der Waals surface area contributed by atoms with Gasteiger partial charge in [0.05, 0.1) is 23.9 Å². The van der Waals surface area contributed by atoms with Crippen molar-refractivity contribution in [3.8, 4) is 0 Å². The van der Waals surface area contributed by atoms with E-state index in [4.69, 9.17) is 5.73 Å². The predicted octanol–water partition coefficient (Wildman–Crippen LogP) is 3.18. The molecule has 5 N–H and O–H groups in total. The molecular weight excluding hydrogens is 502 g/mol. The summed E-state index contributed by atoms with van der Waals surface area (Å²) in [4.78, 5) is 39.9. The molecule has 1 aromatic heterocycles. The molecule has 0 bridgehead atoms. The number of amides is 4. The average Bonchev–Trinajstić information content (AvgIpc) is 3.32. The van der Waals surface area contributed by atoms with E-state index in [-0.39, 0.29) is 24.5 Å². The maximum Gasteiger partial charge on any atom is 0.323 e. The number of carbonyl (C=O) groups excluding carboxylic acids is 3. The van der Waals surface area contributed by atoms with Crippen molar-refractivity contribution >= 4 is 50.5 Å². The van der Waals surface area contributed by atoms with Crippen LogP contribution in [-0.4, -0.2) is 51.2 Å². The van der Waals surface area contributed by atoms with E-state index in [9.17, 15) is 19.5 Å². The van der Waals surface area contributed by atoms with E-state index in [0.717, 1.165) is 16.5 Å². The molecule has 4 amide bonds. The molecule has 4 atom stereocenters. The monoisotopic (exact) mass is 525 g/mol. The number of aliphatic hydroxyl groups is 1. The first-order valence-electron chi connectivity index (χ1n) is 11.0. The molecule has 3 aromatic rings. The van der Waals surface area contributed by atoms with Gasteiger partial charge in [0.15, 0.2) is 0 Å². The van der Waals surface area contributed by atoms with Gasteiger partial charge in [0.1, 0.15) is 6.04 Å². The van der Waals surface area contributed by atoms with Crippen LogP contribution in [0.5, 0.6) is 0 Å². The van der Waals surface area contributed by atoms with Crippen LogP contribution in [0.4, 0.5) is 15.3 Å². The Balaban J connectivity index is 1.35. The van der Waals surface area contributed by atoms with Crippen molar-refractivity contribution in [1.82, 2.24) is 14.8 Å². The van der Waals surface area contributed by atoms with E-state index in [1.807, 2.05) is 30.3 Å². The van der Waals surface area contributed by atoms with E-state index in [2.05, 4.69) is 26.6 Å². The Hall–Kier alpha value is -3.37. The Bertz CT molecular complexity index is 1290. The lowest BCUT2D eigenvalue weighted by Gasteiger charge is -2.28. The van der Waals surface area contributed by atoms with Gasteiger partial charge < -0.3 is 26.4 Å². The van der Waals surface area contributed by atoms with Gasteiger partial charge in [-0.25, -0.2) is 9.59 Å². The summed E-state index contributed by atoms with van der Waals surface area (Å²) in [5, 5.41) is 16.3. The lowest BCUT2D eigenvalue weighted by molar-refractivity contribution is -0.126. The van der Waals surface area contributed by atoms with Crippen molar-refractivity contribution in [2.45, 2.75) is 31.0 Å². The lowest BCUT2D eigenvalue weighted by Crippen LogP contribution is -2.50. The van der Waals surface area contributed by atoms with Crippen molar-refractivity contribution in [1.29, 1.82) is 0 Å². The largest absolute Gasteiger partial charge is 0.394 e. The highest BCUT2D eigenvalue weighted by molar-refractivity contribution is 9.10. The van der Waals surface area contributed by atoms with Crippen LogP contribution in [0.25, 0.3) is 10.9 Å². The van der Waals surface area contributed by atoms with Crippen LogP contribution in [-0.2, 0) is 4.79 Å². The topological polar surface area (TPSA) is 130 Å². The van der Waals surface area contributed by atoms with Crippen LogP contribution in [0.3, 0.4) is 0 Å². The molecule has 1 saturated carbocycles. The molecular formula is C24H24BrN5O4. The molecule has 9 nitrogen and oxygen atoms in total. The zero-order chi connectivity index (χ0) is 24.0. The van der Waals surface area contributed by atoms with Crippen molar-refractivity contribution < 1.29 is 19.5 Å². The number of benzene rings is 2. The first-order valence-corrected chi connectivity index (χ1v) is 11.8. The minimum atomic E-state index is -0.653. The number of hydrogen-bond donors (Lipinski definition) is 4. The van der Waals surface area contributed by atoms with E-state index >= 15 is 0 Å². The van der Waals surface area contributed by atoms with Crippen LogP contribution in [0, 0.1) is 5.92 Å². The van der Waals surface area contributed by atoms with Crippen molar-refractivity contribution in [2.24, 2.45) is 11.7 Å². The Morgan fingerprint density at radius 2 is 1.94 bits per heavy atom. The van der Waals surface area contributed by atoms with Gasteiger partial charge in [-0.15, -0.1) is 0 Å². The summed E-state index contributed by atoms with van der Waals surface area (Å²) < 4.78 is 2.12. The molecule has 2 aromatic carbocycles. The number of para-hydroxylation sites is 1. The number of halogens is 1. The molecule has 1 aliphatic heterocycles. The Kier molecular flexibility index (Phi) is 5.78. The highest BCUT2D eigenvalue weighted by Gasteiger charge is 2.56. The molecule has 0 radical (unpaired) electrons. The summed E-state index contributed by atoms with van der Waals surface area (Å²) in [5.74, 6) is -0.0205. The number of anilines is 1.